The van der Waals surface area contributed by atoms with Gasteiger partial charge in [0.05, 0.1) is 59.5 Å². The summed E-state index contributed by atoms with van der Waals surface area (Å²) in [7, 11) is 1.65. The Morgan fingerprint density at radius 1 is 0.588 bits per heavy atom. The highest BCUT2D eigenvalue weighted by Crippen LogP contribution is 1.82. The van der Waals surface area contributed by atoms with Crippen LogP contribution in [0.1, 0.15) is 0 Å². The molecule has 2 N–H and O–H groups in total. The van der Waals surface area contributed by atoms with Crippen molar-refractivity contribution in [3.05, 3.63) is 0 Å². The number of nitrogens with two attached hydrogens (primary N) is 1. The molecule has 0 aromatic rings. The molecule has 0 atom stereocenters. The molecule has 6 heteroatoms. The van der Waals surface area contributed by atoms with E-state index in [1.165, 1.54) is 0 Å². The van der Waals surface area contributed by atoms with E-state index in [2.05, 4.69) is 0 Å². The van der Waals surface area contributed by atoms with E-state index in [1.54, 1.807) is 7.11 Å². The average molecular weight is 251 g/mol. The first-order chi connectivity index (χ1) is 8.41. The highest BCUT2D eigenvalue weighted by molar-refractivity contribution is 4.35. The molecule has 6 nitrogen and oxygen atoms in total. The zero-order valence-corrected chi connectivity index (χ0v) is 10.7. The Balaban J connectivity index is 2.85. The monoisotopic (exact) mass is 251 g/mol. The Kier molecular flexibility index (Phi) is 15.5. The quantitative estimate of drug-likeness (QED) is 0.426. The first kappa shape index (κ1) is 16.8. The van der Waals surface area contributed by atoms with E-state index < -0.39 is 0 Å². The smallest absolute Gasteiger partial charge is 0.0701 e. The molecule has 0 aliphatic heterocycles. The number of hydrogen-bond acceptors (Lipinski definition) is 6. The molecular formula is C11H25NO5. The standard InChI is InChI=1S/C11H25NO5/c1-13-4-5-15-8-9-17-11-10-16-7-6-14-3-2-12/h2-12H2,1H3. The van der Waals surface area contributed by atoms with Gasteiger partial charge >= 0.3 is 0 Å². The van der Waals surface area contributed by atoms with Crippen LogP contribution in [0.3, 0.4) is 0 Å². The third kappa shape index (κ3) is 15.8. The molecule has 0 rings (SSSR count). The van der Waals surface area contributed by atoms with E-state index in [1.807, 2.05) is 0 Å². The maximum atomic E-state index is 5.29. The summed E-state index contributed by atoms with van der Waals surface area (Å²) in [5.74, 6) is 0. The number of rotatable bonds is 14. The Morgan fingerprint density at radius 3 is 1.29 bits per heavy atom. The molecular weight excluding hydrogens is 226 g/mol. The summed E-state index contributed by atoms with van der Waals surface area (Å²) in [6.07, 6.45) is 0. The van der Waals surface area contributed by atoms with Crippen molar-refractivity contribution in [2.45, 2.75) is 0 Å². The second-order valence-electron chi connectivity index (χ2n) is 3.23. The van der Waals surface area contributed by atoms with Gasteiger partial charge in [0, 0.05) is 13.7 Å². The molecule has 0 aliphatic rings. The van der Waals surface area contributed by atoms with Gasteiger partial charge in [0.1, 0.15) is 0 Å². The Morgan fingerprint density at radius 2 is 0.941 bits per heavy atom. The summed E-state index contributed by atoms with van der Waals surface area (Å²) in [5.41, 5.74) is 5.26. The molecule has 0 aromatic carbocycles. The zero-order chi connectivity index (χ0) is 12.6. The minimum absolute atomic E-state index is 0.548. The van der Waals surface area contributed by atoms with Gasteiger partial charge in [0.2, 0.25) is 0 Å². The van der Waals surface area contributed by atoms with Gasteiger partial charge < -0.3 is 29.4 Å². The van der Waals surface area contributed by atoms with E-state index in [0.717, 1.165) is 0 Å². The molecule has 0 aromatic heterocycles. The summed E-state index contributed by atoms with van der Waals surface area (Å²) in [6.45, 7) is 5.82. The van der Waals surface area contributed by atoms with Crippen molar-refractivity contribution in [2.75, 3.05) is 73.1 Å². The second kappa shape index (κ2) is 15.8. The number of ether oxygens (including phenoxy) is 5. The van der Waals surface area contributed by atoms with Crippen LogP contribution in [0, 0.1) is 0 Å². The van der Waals surface area contributed by atoms with Gasteiger partial charge in [0.25, 0.3) is 0 Å². The van der Waals surface area contributed by atoms with Crippen LogP contribution in [-0.2, 0) is 23.7 Å². The molecule has 0 bridgehead atoms. The molecule has 104 valence electrons. The Hall–Kier alpha value is -0.240. The van der Waals surface area contributed by atoms with E-state index >= 15 is 0 Å². The van der Waals surface area contributed by atoms with Crippen LogP contribution >= 0.6 is 0 Å². The van der Waals surface area contributed by atoms with Gasteiger partial charge in [-0.15, -0.1) is 0 Å². The summed E-state index contributed by atoms with van der Waals surface area (Å²) in [4.78, 5) is 0. The predicted molar refractivity (Wildman–Crippen MR) is 64.2 cm³/mol. The molecule has 17 heavy (non-hydrogen) atoms. The average Bonchev–Trinajstić information content (AvgIpc) is 2.35. The van der Waals surface area contributed by atoms with Crippen LogP contribution in [-0.4, -0.2) is 73.1 Å². The fourth-order valence-electron chi connectivity index (χ4n) is 0.987. The zero-order valence-electron chi connectivity index (χ0n) is 10.7. The third-order valence-corrected chi connectivity index (χ3v) is 1.81. The van der Waals surface area contributed by atoms with Crippen LogP contribution in [0.15, 0.2) is 0 Å². The SMILES string of the molecule is COCCOCCOCCOCCOCCN. The first-order valence-electron chi connectivity index (χ1n) is 5.91. The normalized spacial score (nSPS) is 10.9. The van der Waals surface area contributed by atoms with Crippen molar-refractivity contribution in [1.29, 1.82) is 0 Å². The van der Waals surface area contributed by atoms with Crippen molar-refractivity contribution in [2.24, 2.45) is 5.73 Å². The van der Waals surface area contributed by atoms with Crippen molar-refractivity contribution in [3.63, 3.8) is 0 Å². The summed E-state index contributed by atoms with van der Waals surface area (Å²) in [5, 5.41) is 0. The van der Waals surface area contributed by atoms with Crippen LogP contribution in [0.2, 0.25) is 0 Å². The maximum absolute atomic E-state index is 5.29. The van der Waals surface area contributed by atoms with Gasteiger partial charge in [0.15, 0.2) is 0 Å². The molecule has 0 unspecified atom stereocenters. The van der Waals surface area contributed by atoms with Gasteiger partial charge in [-0.3, -0.25) is 0 Å². The molecule has 0 aliphatic carbocycles. The first-order valence-corrected chi connectivity index (χ1v) is 5.91. The lowest BCUT2D eigenvalue weighted by Gasteiger charge is -2.06. The molecule has 0 radical (unpaired) electrons. The Bertz CT molecular complexity index is 123. The lowest BCUT2D eigenvalue weighted by molar-refractivity contribution is -0.00716. The summed E-state index contributed by atoms with van der Waals surface area (Å²) < 4.78 is 25.8. The van der Waals surface area contributed by atoms with Crippen molar-refractivity contribution in [3.8, 4) is 0 Å². The number of hydrogen-bond donors (Lipinski definition) is 1. The molecule has 0 amide bonds. The number of methoxy groups -OCH3 is 1. The molecule has 0 spiro atoms. The lowest BCUT2D eigenvalue weighted by Crippen LogP contribution is -2.14. The van der Waals surface area contributed by atoms with Crippen LogP contribution in [0.25, 0.3) is 0 Å². The third-order valence-electron chi connectivity index (χ3n) is 1.81. The van der Waals surface area contributed by atoms with Crippen LogP contribution in [0.5, 0.6) is 0 Å². The largest absolute Gasteiger partial charge is 0.382 e. The van der Waals surface area contributed by atoms with Gasteiger partial charge in [-0.1, -0.05) is 0 Å². The lowest BCUT2D eigenvalue weighted by atomic mass is 10.7. The summed E-state index contributed by atoms with van der Waals surface area (Å²) in [6, 6.07) is 0. The minimum atomic E-state index is 0.548. The van der Waals surface area contributed by atoms with E-state index in [9.17, 15) is 0 Å². The molecule has 0 heterocycles. The van der Waals surface area contributed by atoms with Gasteiger partial charge in [-0.25, -0.2) is 0 Å². The highest BCUT2D eigenvalue weighted by Gasteiger charge is 1.92. The van der Waals surface area contributed by atoms with Crippen molar-refractivity contribution >= 4 is 0 Å². The minimum Gasteiger partial charge on any atom is -0.382 e. The van der Waals surface area contributed by atoms with Gasteiger partial charge in [-0.2, -0.15) is 0 Å². The second-order valence-corrected chi connectivity index (χ2v) is 3.23. The predicted octanol–water partition coefficient (Wildman–Crippen LogP) is -0.342. The maximum Gasteiger partial charge on any atom is 0.0701 e. The highest BCUT2D eigenvalue weighted by atomic mass is 16.6. The van der Waals surface area contributed by atoms with Gasteiger partial charge in [-0.05, 0) is 0 Å². The fraction of sp³-hybridized carbons (Fsp3) is 1.00. The molecule has 0 fully saturated rings. The van der Waals surface area contributed by atoms with E-state index in [-0.39, 0.29) is 0 Å². The van der Waals surface area contributed by atoms with Crippen molar-refractivity contribution < 1.29 is 23.7 Å². The van der Waals surface area contributed by atoms with Crippen molar-refractivity contribution in [1.82, 2.24) is 0 Å². The topological polar surface area (TPSA) is 72.2 Å². The van der Waals surface area contributed by atoms with E-state index in [0.29, 0.717) is 66.0 Å². The summed E-state index contributed by atoms with van der Waals surface area (Å²) >= 11 is 0. The van der Waals surface area contributed by atoms with E-state index in [4.69, 9.17) is 29.4 Å². The Labute approximate surface area is 103 Å². The van der Waals surface area contributed by atoms with Crippen LogP contribution in [0.4, 0.5) is 0 Å². The van der Waals surface area contributed by atoms with Crippen LogP contribution < -0.4 is 5.73 Å². The molecule has 0 saturated carbocycles. The fourth-order valence-corrected chi connectivity index (χ4v) is 0.987. The molecule has 0 saturated heterocycles.